The zero-order valence-electron chi connectivity index (χ0n) is 13.4. The quantitative estimate of drug-likeness (QED) is 0.741. The van der Waals surface area contributed by atoms with Gasteiger partial charge in [0.05, 0.1) is 32.5 Å². The Labute approximate surface area is 137 Å². The summed E-state index contributed by atoms with van der Waals surface area (Å²) >= 11 is 6.36. The van der Waals surface area contributed by atoms with Crippen LogP contribution in [0.5, 0.6) is 11.5 Å². The third-order valence-corrected chi connectivity index (χ3v) is 4.23. The number of hydrogen-bond donors (Lipinski definition) is 1. The number of rotatable bonds is 8. The van der Waals surface area contributed by atoms with Crippen LogP contribution in [0.4, 0.5) is 0 Å². The lowest BCUT2D eigenvalue weighted by Gasteiger charge is -2.26. The minimum Gasteiger partial charge on any atom is -0.493 e. The normalized spacial score (nSPS) is 15.8. The van der Waals surface area contributed by atoms with Gasteiger partial charge in [0, 0.05) is 19.6 Å². The van der Waals surface area contributed by atoms with E-state index in [9.17, 15) is 0 Å². The number of methoxy groups -OCH3 is 2. The van der Waals surface area contributed by atoms with Gasteiger partial charge in [0.25, 0.3) is 0 Å². The van der Waals surface area contributed by atoms with Gasteiger partial charge in [-0.1, -0.05) is 17.7 Å². The van der Waals surface area contributed by atoms with Gasteiger partial charge in [-0.2, -0.15) is 0 Å². The van der Waals surface area contributed by atoms with Gasteiger partial charge in [0.1, 0.15) is 0 Å². The predicted octanol–water partition coefficient (Wildman–Crippen LogP) is 2.17. The average molecular weight is 329 g/mol. The van der Waals surface area contributed by atoms with Crippen LogP contribution < -0.4 is 14.8 Å². The number of halogens is 1. The summed E-state index contributed by atoms with van der Waals surface area (Å²) in [5.41, 5.74) is 1.02. The van der Waals surface area contributed by atoms with Gasteiger partial charge in [-0.05, 0) is 31.1 Å². The zero-order valence-corrected chi connectivity index (χ0v) is 14.1. The molecule has 22 heavy (non-hydrogen) atoms. The standard InChI is InChI=1S/C16H25ClN2O3/c1-20-14-5-4-13(15(17)16(14)21-2)12-18-6-3-7-19-8-10-22-11-9-19/h4-5,18H,3,6-12H2,1-2H3. The number of hydrogen-bond acceptors (Lipinski definition) is 5. The zero-order chi connectivity index (χ0) is 15.8. The second-order valence-corrected chi connectivity index (χ2v) is 5.64. The molecular formula is C16H25ClN2O3. The summed E-state index contributed by atoms with van der Waals surface area (Å²) in [7, 11) is 3.21. The molecule has 1 aliphatic heterocycles. The van der Waals surface area contributed by atoms with Crippen LogP contribution in [0.2, 0.25) is 5.02 Å². The van der Waals surface area contributed by atoms with E-state index in [0.717, 1.165) is 57.9 Å². The lowest BCUT2D eigenvalue weighted by atomic mass is 10.2. The minimum atomic E-state index is 0.594. The first kappa shape index (κ1) is 17.3. The van der Waals surface area contributed by atoms with Crippen molar-refractivity contribution < 1.29 is 14.2 Å². The molecule has 124 valence electrons. The summed E-state index contributed by atoms with van der Waals surface area (Å²) in [4.78, 5) is 2.44. The van der Waals surface area contributed by atoms with Gasteiger partial charge in [0.15, 0.2) is 11.5 Å². The van der Waals surface area contributed by atoms with E-state index >= 15 is 0 Å². The van der Waals surface area contributed by atoms with Crippen LogP contribution in [-0.2, 0) is 11.3 Å². The highest BCUT2D eigenvalue weighted by Gasteiger charge is 2.13. The van der Waals surface area contributed by atoms with Crippen molar-refractivity contribution in [1.82, 2.24) is 10.2 Å². The lowest BCUT2D eigenvalue weighted by Crippen LogP contribution is -2.37. The van der Waals surface area contributed by atoms with Gasteiger partial charge in [-0.25, -0.2) is 0 Å². The molecule has 1 aromatic rings. The number of benzene rings is 1. The Morgan fingerprint density at radius 1 is 1.23 bits per heavy atom. The fourth-order valence-electron chi connectivity index (χ4n) is 2.54. The molecule has 1 saturated heterocycles. The lowest BCUT2D eigenvalue weighted by molar-refractivity contribution is 0.0374. The van der Waals surface area contributed by atoms with Gasteiger partial charge < -0.3 is 19.5 Å². The third kappa shape index (κ3) is 4.74. The molecule has 1 aliphatic rings. The van der Waals surface area contributed by atoms with Crippen molar-refractivity contribution in [3.05, 3.63) is 22.7 Å². The summed E-state index contributed by atoms with van der Waals surface area (Å²) in [6.45, 7) is 6.59. The van der Waals surface area contributed by atoms with E-state index < -0.39 is 0 Å². The highest BCUT2D eigenvalue weighted by Crippen LogP contribution is 2.37. The van der Waals surface area contributed by atoms with Crippen molar-refractivity contribution in [2.45, 2.75) is 13.0 Å². The van der Waals surface area contributed by atoms with Crippen molar-refractivity contribution in [2.24, 2.45) is 0 Å². The van der Waals surface area contributed by atoms with Crippen molar-refractivity contribution in [2.75, 3.05) is 53.6 Å². The number of nitrogens with zero attached hydrogens (tertiary/aromatic N) is 1. The van der Waals surface area contributed by atoms with Crippen LogP contribution in [0.15, 0.2) is 12.1 Å². The van der Waals surface area contributed by atoms with E-state index in [4.69, 9.17) is 25.8 Å². The van der Waals surface area contributed by atoms with Crippen LogP contribution in [0.1, 0.15) is 12.0 Å². The molecule has 0 unspecified atom stereocenters. The van der Waals surface area contributed by atoms with E-state index in [1.807, 2.05) is 12.1 Å². The maximum absolute atomic E-state index is 6.36. The van der Waals surface area contributed by atoms with E-state index in [-0.39, 0.29) is 0 Å². The average Bonchev–Trinajstić information content (AvgIpc) is 2.56. The largest absolute Gasteiger partial charge is 0.493 e. The second-order valence-electron chi connectivity index (χ2n) is 5.26. The molecule has 0 spiro atoms. The van der Waals surface area contributed by atoms with Crippen LogP contribution in [0.3, 0.4) is 0 Å². The molecule has 6 heteroatoms. The predicted molar refractivity (Wildman–Crippen MR) is 88.1 cm³/mol. The van der Waals surface area contributed by atoms with Gasteiger partial charge in [0.2, 0.25) is 0 Å². The first-order chi connectivity index (χ1) is 10.8. The Kier molecular flexibility index (Phi) is 7.25. The molecule has 1 N–H and O–H groups in total. The van der Waals surface area contributed by atoms with Crippen molar-refractivity contribution >= 4 is 11.6 Å². The van der Waals surface area contributed by atoms with Gasteiger partial charge in [-0.15, -0.1) is 0 Å². The fourth-order valence-corrected chi connectivity index (χ4v) is 2.84. The summed E-state index contributed by atoms with van der Waals surface area (Å²) in [5, 5.41) is 4.05. The molecule has 5 nitrogen and oxygen atoms in total. The minimum absolute atomic E-state index is 0.594. The summed E-state index contributed by atoms with van der Waals surface area (Å²) < 4.78 is 15.9. The molecule has 2 rings (SSSR count). The van der Waals surface area contributed by atoms with Crippen molar-refractivity contribution in [1.29, 1.82) is 0 Å². The first-order valence-electron chi connectivity index (χ1n) is 7.66. The molecule has 0 bridgehead atoms. The first-order valence-corrected chi connectivity index (χ1v) is 8.04. The molecule has 0 atom stereocenters. The fraction of sp³-hybridized carbons (Fsp3) is 0.625. The molecule has 1 heterocycles. The van der Waals surface area contributed by atoms with Crippen molar-refractivity contribution in [3.63, 3.8) is 0 Å². The number of morpholine rings is 1. The third-order valence-electron chi connectivity index (χ3n) is 3.81. The van der Waals surface area contributed by atoms with Crippen LogP contribution in [-0.4, -0.2) is 58.5 Å². The SMILES string of the molecule is COc1ccc(CNCCCN2CCOCC2)c(Cl)c1OC. The Morgan fingerprint density at radius 3 is 2.68 bits per heavy atom. The second kappa shape index (κ2) is 9.20. The summed E-state index contributed by atoms with van der Waals surface area (Å²) in [6, 6.07) is 3.86. The van der Waals surface area contributed by atoms with E-state index in [2.05, 4.69) is 10.2 Å². The Morgan fingerprint density at radius 2 is 2.00 bits per heavy atom. The van der Waals surface area contributed by atoms with Crippen LogP contribution >= 0.6 is 11.6 Å². The summed E-state index contributed by atoms with van der Waals surface area (Å²) in [6.07, 6.45) is 1.12. The molecular weight excluding hydrogens is 304 g/mol. The highest BCUT2D eigenvalue weighted by molar-refractivity contribution is 6.33. The highest BCUT2D eigenvalue weighted by atomic mass is 35.5. The smallest absolute Gasteiger partial charge is 0.179 e. The van der Waals surface area contributed by atoms with Crippen LogP contribution in [0, 0.1) is 0 Å². The monoisotopic (exact) mass is 328 g/mol. The van der Waals surface area contributed by atoms with E-state index in [0.29, 0.717) is 16.5 Å². The molecule has 0 aromatic heterocycles. The molecule has 0 saturated carbocycles. The topological polar surface area (TPSA) is 43.0 Å². The van der Waals surface area contributed by atoms with Crippen molar-refractivity contribution in [3.8, 4) is 11.5 Å². The maximum atomic E-state index is 6.36. The molecule has 0 aliphatic carbocycles. The van der Waals surface area contributed by atoms with E-state index in [1.165, 1.54) is 0 Å². The van der Waals surface area contributed by atoms with Crippen LogP contribution in [0.25, 0.3) is 0 Å². The number of nitrogens with one attached hydrogen (secondary N) is 1. The van der Waals surface area contributed by atoms with Gasteiger partial charge >= 0.3 is 0 Å². The molecule has 1 aromatic carbocycles. The Bertz CT molecular complexity index is 465. The Hall–Kier alpha value is -1.01. The molecule has 1 fully saturated rings. The number of ether oxygens (including phenoxy) is 3. The van der Waals surface area contributed by atoms with E-state index in [1.54, 1.807) is 14.2 Å². The molecule has 0 radical (unpaired) electrons. The Balaban J connectivity index is 1.74. The molecule has 0 amide bonds. The maximum Gasteiger partial charge on any atom is 0.179 e. The van der Waals surface area contributed by atoms with Gasteiger partial charge in [-0.3, -0.25) is 4.90 Å². The summed E-state index contributed by atoms with van der Waals surface area (Å²) in [5.74, 6) is 1.25.